The third-order valence-corrected chi connectivity index (χ3v) is 2.86. The molecule has 0 saturated carbocycles. The predicted octanol–water partition coefficient (Wildman–Crippen LogP) is 1.76. The van der Waals surface area contributed by atoms with E-state index in [9.17, 15) is 9.59 Å². The van der Waals surface area contributed by atoms with E-state index in [1.165, 1.54) is 4.90 Å². The fourth-order valence-corrected chi connectivity index (χ4v) is 1.81. The van der Waals surface area contributed by atoms with Crippen LogP contribution in [0.1, 0.15) is 18.9 Å². The average Bonchev–Trinajstić information content (AvgIpc) is 2.37. The van der Waals surface area contributed by atoms with Gasteiger partial charge in [0, 0.05) is 19.5 Å². The van der Waals surface area contributed by atoms with E-state index < -0.39 is 11.9 Å². The molecule has 1 aromatic rings. The first-order chi connectivity index (χ1) is 8.93. The number of hydrogen-bond acceptors (Lipinski definition) is 3. The van der Waals surface area contributed by atoms with Crippen molar-refractivity contribution in [1.29, 1.82) is 0 Å². The Balaban J connectivity index is 2.60. The summed E-state index contributed by atoms with van der Waals surface area (Å²) in [4.78, 5) is 24.1. The predicted molar refractivity (Wildman–Crippen MR) is 70.9 cm³/mol. The minimum atomic E-state index is -0.960. The number of hydrogen-bond donors (Lipinski definition) is 1. The molecule has 0 heterocycles. The van der Waals surface area contributed by atoms with Gasteiger partial charge in [0.15, 0.2) is 0 Å². The van der Waals surface area contributed by atoms with Crippen LogP contribution in [0.3, 0.4) is 0 Å². The summed E-state index contributed by atoms with van der Waals surface area (Å²) in [5, 5.41) is 8.68. The second-order valence-electron chi connectivity index (χ2n) is 4.54. The topological polar surface area (TPSA) is 66.8 Å². The molecular weight excluding hydrogens is 246 g/mol. The molecule has 0 fully saturated rings. The van der Waals surface area contributed by atoms with Crippen molar-refractivity contribution in [2.24, 2.45) is 5.92 Å². The summed E-state index contributed by atoms with van der Waals surface area (Å²) in [6.07, 6.45) is -0.147. The molecule has 0 aromatic heterocycles. The van der Waals surface area contributed by atoms with Gasteiger partial charge in [-0.3, -0.25) is 9.59 Å². The fourth-order valence-electron chi connectivity index (χ4n) is 1.81. The summed E-state index contributed by atoms with van der Waals surface area (Å²) in [5.74, 6) is -0.880. The molecule has 0 saturated heterocycles. The highest BCUT2D eigenvalue weighted by atomic mass is 16.5. The summed E-state index contributed by atoms with van der Waals surface area (Å²) in [6.45, 7) is 2.08. The number of nitrogens with zero attached hydrogens (tertiary/aromatic N) is 1. The molecule has 0 bridgehead atoms. The maximum atomic E-state index is 11.9. The van der Waals surface area contributed by atoms with Crippen molar-refractivity contribution in [2.75, 3.05) is 14.2 Å². The molecule has 0 aliphatic rings. The first kappa shape index (κ1) is 15.0. The molecule has 1 aromatic carbocycles. The van der Waals surface area contributed by atoms with Crippen LogP contribution in [0.4, 0.5) is 0 Å². The number of carboxylic acids is 1. The normalized spacial score (nSPS) is 11.7. The molecule has 5 nitrogen and oxygen atoms in total. The van der Waals surface area contributed by atoms with E-state index in [-0.39, 0.29) is 12.3 Å². The highest BCUT2D eigenvalue weighted by molar-refractivity contribution is 5.82. The van der Waals surface area contributed by atoms with Crippen LogP contribution < -0.4 is 4.74 Å². The molecule has 1 N–H and O–H groups in total. The van der Waals surface area contributed by atoms with Crippen molar-refractivity contribution < 1.29 is 19.4 Å². The van der Waals surface area contributed by atoms with Crippen LogP contribution >= 0.6 is 0 Å². The molecule has 1 atom stereocenters. The fraction of sp³-hybridized carbons (Fsp3) is 0.429. The first-order valence-electron chi connectivity index (χ1n) is 6.03. The second-order valence-corrected chi connectivity index (χ2v) is 4.54. The summed E-state index contributed by atoms with van der Waals surface area (Å²) in [7, 11) is 3.27. The van der Waals surface area contributed by atoms with E-state index in [4.69, 9.17) is 9.84 Å². The van der Waals surface area contributed by atoms with Crippen molar-refractivity contribution in [2.45, 2.75) is 19.9 Å². The van der Waals surface area contributed by atoms with Crippen molar-refractivity contribution >= 4 is 11.9 Å². The highest BCUT2D eigenvalue weighted by Gasteiger charge is 2.20. The Bertz CT molecular complexity index is 441. The molecule has 1 rings (SSSR count). The number of methoxy groups -OCH3 is 1. The van der Waals surface area contributed by atoms with E-state index >= 15 is 0 Å². The van der Waals surface area contributed by atoms with Crippen LogP contribution in [0, 0.1) is 5.92 Å². The van der Waals surface area contributed by atoms with Gasteiger partial charge in [0.25, 0.3) is 0 Å². The zero-order chi connectivity index (χ0) is 14.4. The molecule has 0 radical (unpaired) electrons. The lowest BCUT2D eigenvalue weighted by molar-refractivity contribution is -0.143. The van der Waals surface area contributed by atoms with Crippen molar-refractivity contribution in [3.8, 4) is 5.75 Å². The summed E-state index contributed by atoms with van der Waals surface area (Å²) >= 11 is 0. The number of aliphatic carboxylic acids is 1. The quantitative estimate of drug-likeness (QED) is 0.851. The number of ether oxygens (including phenoxy) is 1. The number of amides is 1. The molecule has 0 spiro atoms. The minimum Gasteiger partial charge on any atom is -0.497 e. The Morgan fingerprint density at radius 3 is 2.37 bits per heavy atom. The van der Waals surface area contributed by atoms with Crippen LogP contribution in [0.15, 0.2) is 24.3 Å². The smallest absolute Gasteiger partial charge is 0.304 e. The molecule has 1 unspecified atom stereocenters. The summed E-state index contributed by atoms with van der Waals surface area (Å²) in [5.41, 5.74) is 0.971. The SMILES string of the molecule is COc1ccc(CN(C)C(=O)C(C)CC(=O)O)cc1. The number of rotatable bonds is 6. The summed E-state index contributed by atoms with van der Waals surface area (Å²) in [6, 6.07) is 7.41. The highest BCUT2D eigenvalue weighted by Crippen LogP contribution is 2.14. The van der Waals surface area contributed by atoms with Gasteiger partial charge in [0.2, 0.25) is 5.91 Å². The van der Waals surface area contributed by atoms with Crippen LogP contribution in [-0.4, -0.2) is 36.0 Å². The minimum absolute atomic E-state index is 0.147. The van der Waals surface area contributed by atoms with Crippen LogP contribution in [0.25, 0.3) is 0 Å². The number of benzene rings is 1. The Hall–Kier alpha value is -2.04. The van der Waals surface area contributed by atoms with Gasteiger partial charge in [-0.05, 0) is 17.7 Å². The van der Waals surface area contributed by atoms with Gasteiger partial charge in [-0.15, -0.1) is 0 Å². The molecule has 19 heavy (non-hydrogen) atoms. The zero-order valence-corrected chi connectivity index (χ0v) is 11.4. The molecule has 0 aliphatic carbocycles. The maximum Gasteiger partial charge on any atom is 0.304 e. The Labute approximate surface area is 112 Å². The van der Waals surface area contributed by atoms with E-state index in [0.29, 0.717) is 6.54 Å². The van der Waals surface area contributed by atoms with Gasteiger partial charge >= 0.3 is 5.97 Å². The van der Waals surface area contributed by atoms with Gasteiger partial charge in [-0.1, -0.05) is 19.1 Å². The lowest BCUT2D eigenvalue weighted by Crippen LogP contribution is -2.32. The second kappa shape index (κ2) is 6.78. The lowest BCUT2D eigenvalue weighted by Gasteiger charge is -2.20. The Morgan fingerprint density at radius 2 is 1.89 bits per heavy atom. The molecule has 104 valence electrons. The third kappa shape index (κ3) is 4.62. The van der Waals surface area contributed by atoms with Crippen molar-refractivity contribution in [1.82, 2.24) is 4.90 Å². The van der Waals surface area contributed by atoms with Crippen LogP contribution in [0.2, 0.25) is 0 Å². The van der Waals surface area contributed by atoms with Crippen LogP contribution in [0.5, 0.6) is 5.75 Å². The molecule has 1 amide bonds. The molecule has 0 aliphatic heterocycles. The number of carbonyl (C=O) groups is 2. The van der Waals surface area contributed by atoms with Gasteiger partial charge < -0.3 is 14.7 Å². The number of carboxylic acid groups (broad SMARTS) is 1. The Kier molecular flexibility index (Phi) is 5.36. The monoisotopic (exact) mass is 265 g/mol. The number of carbonyl (C=O) groups excluding carboxylic acids is 1. The van der Waals surface area contributed by atoms with E-state index in [2.05, 4.69) is 0 Å². The van der Waals surface area contributed by atoms with Crippen molar-refractivity contribution in [3.05, 3.63) is 29.8 Å². The van der Waals surface area contributed by atoms with Gasteiger partial charge in [-0.25, -0.2) is 0 Å². The largest absolute Gasteiger partial charge is 0.497 e. The standard InChI is InChI=1S/C14H19NO4/c1-10(8-13(16)17)14(18)15(2)9-11-4-6-12(19-3)7-5-11/h4-7,10H,8-9H2,1-3H3,(H,16,17). The van der Waals surface area contributed by atoms with Gasteiger partial charge in [0.1, 0.15) is 5.75 Å². The van der Waals surface area contributed by atoms with Crippen LogP contribution in [-0.2, 0) is 16.1 Å². The first-order valence-corrected chi connectivity index (χ1v) is 6.03. The Morgan fingerprint density at radius 1 is 1.32 bits per heavy atom. The lowest BCUT2D eigenvalue weighted by atomic mass is 10.1. The third-order valence-electron chi connectivity index (χ3n) is 2.86. The van der Waals surface area contributed by atoms with Crippen molar-refractivity contribution in [3.63, 3.8) is 0 Å². The van der Waals surface area contributed by atoms with Gasteiger partial charge in [-0.2, -0.15) is 0 Å². The van der Waals surface area contributed by atoms with Gasteiger partial charge in [0.05, 0.1) is 13.5 Å². The maximum absolute atomic E-state index is 11.9. The van der Waals surface area contributed by atoms with E-state index in [1.54, 1.807) is 21.1 Å². The summed E-state index contributed by atoms with van der Waals surface area (Å²) < 4.78 is 5.06. The molecular formula is C14H19NO4. The zero-order valence-electron chi connectivity index (χ0n) is 11.4. The average molecular weight is 265 g/mol. The molecule has 5 heteroatoms. The van der Waals surface area contributed by atoms with E-state index in [1.807, 2.05) is 24.3 Å². The van der Waals surface area contributed by atoms with E-state index in [0.717, 1.165) is 11.3 Å².